The van der Waals surface area contributed by atoms with Gasteiger partial charge in [0.25, 0.3) is 0 Å². The number of piperidine rings is 1. The number of carbonyl (C=O) groups excluding carboxylic acids is 1. The molecule has 2 fully saturated rings. The van der Waals surface area contributed by atoms with Crippen LogP contribution in [0.1, 0.15) is 50.5 Å². The highest BCUT2D eigenvalue weighted by molar-refractivity contribution is 7.80. The maximum Gasteiger partial charge on any atom is 0.416 e. The number of hydrogen-bond donors (Lipinski definition) is 2. The Morgan fingerprint density at radius 2 is 1.82 bits per heavy atom. The van der Waals surface area contributed by atoms with E-state index in [4.69, 9.17) is 18.0 Å². The quantitative estimate of drug-likeness (QED) is 0.714. The van der Waals surface area contributed by atoms with Crippen molar-refractivity contribution in [3.8, 4) is 0 Å². The van der Waals surface area contributed by atoms with Crippen molar-refractivity contribution in [3.63, 3.8) is 0 Å². The molecule has 0 aromatic heterocycles. The molecule has 8 heteroatoms. The lowest BCUT2D eigenvalue weighted by molar-refractivity contribution is -0.137. The molecule has 1 amide bonds. The highest BCUT2D eigenvalue weighted by Gasteiger charge is 2.46. The minimum Gasteiger partial charge on any atom is -0.369 e. The molecule has 28 heavy (non-hydrogen) atoms. The predicted molar refractivity (Wildman–Crippen MR) is 107 cm³/mol. The first-order valence-electron chi connectivity index (χ1n) is 9.75. The number of nitrogens with one attached hydrogen (secondary N) is 1. The van der Waals surface area contributed by atoms with Crippen molar-refractivity contribution in [1.29, 1.82) is 0 Å². The summed E-state index contributed by atoms with van der Waals surface area (Å²) in [6.45, 7) is 1.15. The van der Waals surface area contributed by atoms with Crippen LogP contribution in [0.5, 0.6) is 0 Å². The van der Waals surface area contributed by atoms with Crippen LogP contribution in [-0.4, -0.2) is 29.0 Å². The summed E-state index contributed by atoms with van der Waals surface area (Å²) in [5.41, 5.74) is 4.93. The number of amides is 1. The van der Waals surface area contributed by atoms with Crippen LogP contribution in [0.15, 0.2) is 24.3 Å². The van der Waals surface area contributed by atoms with Gasteiger partial charge in [-0.05, 0) is 62.0 Å². The third-order valence-electron chi connectivity index (χ3n) is 6.26. The van der Waals surface area contributed by atoms with E-state index in [2.05, 4.69) is 5.32 Å². The van der Waals surface area contributed by atoms with Crippen molar-refractivity contribution in [3.05, 3.63) is 29.8 Å². The molecular weight excluding hydrogens is 387 g/mol. The highest BCUT2D eigenvalue weighted by Crippen LogP contribution is 2.45. The maximum atomic E-state index is 12.9. The normalized spacial score (nSPS) is 20.6. The van der Waals surface area contributed by atoms with E-state index in [1.165, 1.54) is 12.5 Å². The van der Waals surface area contributed by atoms with Gasteiger partial charge in [-0.2, -0.15) is 13.2 Å². The predicted octanol–water partition coefficient (Wildman–Crippen LogP) is 4.55. The van der Waals surface area contributed by atoms with E-state index in [9.17, 15) is 18.0 Å². The molecule has 2 aliphatic rings. The van der Waals surface area contributed by atoms with Crippen LogP contribution in [0.3, 0.4) is 0 Å². The molecule has 1 aromatic carbocycles. The molecule has 0 unspecified atom stereocenters. The largest absolute Gasteiger partial charge is 0.416 e. The minimum absolute atomic E-state index is 0.226. The molecule has 0 bridgehead atoms. The Balaban J connectivity index is 1.64. The molecule has 1 heterocycles. The summed E-state index contributed by atoms with van der Waals surface area (Å²) in [5.74, 6) is 0.0988. The number of nitrogens with two attached hydrogens (primary N) is 1. The number of primary amides is 1. The number of thiocarbonyl (C=S) groups is 1. The Hall–Kier alpha value is -1.83. The minimum atomic E-state index is -4.40. The Bertz CT molecular complexity index is 724. The molecule has 1 aromatic rings. The van der Waals surface area contributed by atoms with Crippen LogP contribution in [0.2, 0.25) is 0 Å². The van der Waals surface area contributed by atoms with Crippen LogP contribution in [-0.2, 0) is 11.0 Å². The van der Waals surface area contributed by atoms with Gasteiger partial charge in [0.15, 0.2) is 5.11 Å². The summed E-state index contributed by atoms with van der Waals surface area (Å²) in [5, 5.41) is 3.28. The molecule has 0 atom stereocenters. The van der Waals surface area contributed by atoms with Crippen molar-refractivity contribution in [1.82, 2.24) is 4.90 Å². The maximum absolute atomic E-state index is 12.9. The van der Waals surface area contributed by atoms with Gasteiger partial charge in [0, 0.05) is 18.8 Å². The molecular formula is C20H26F3N3OS. The van der Waals surface area contributed by atoms with Gasteiger partial charge >= 0.3 is 6.18 Å². The lowest BCUT2D eigenvalue weighted by Gasteiger charge is -2.46. The van der Waals surface area contributed by atoms with Gasteiger partial charge in [-0.25, -0.2) is 0 Å². The molecule has 154 valence electrons. The molecule has 0 radical (unpaired) electrons. The van der Waals surface area contributed by atoms with Crippen LogP contribution >= 0.6 is 12.2 Å². The fourth-order valence-corrected chi connectivity index (χ4v) is 4.90. The van der Waals surface area contributed by atoms with Gasteiger partial charge in [0.05, 0.1) is 11.0 Å². The monoisotopic (exact) mass is 413 g/mol. The highest BCUT2D eigenvalue weighted by atomic mass is 32.1. The van der Waals surface area contributed by atoms with Gasteiger partial charge in [0.2, 0.25) is 5.91 Å². The van der Waals surface area contributed by atoms with E-state index in [0.29, 0.717) is 42.6 Å². The molecule has 4 nitrogen and oxygen atoms in total. The fraction of sp³-hybridized carbons (Fsp3) is 0.600. The Morgan fingerprint density at radius 3 is 2.39 bits per heavy atom. The number of alkyl halides is 3. The van der Waals surface area contributed by atoms with Crippen molar-refractivity contribution in [2.45, 2.75) is 51.1 Å². The van der Waals surface area contributed by atoms with E-state index in [1.54, 1.807) is 6.07 Å². The summed E-state index contributed by atoms with van der Waals surface area (Å²) in [6.07, 6.45) is 2.44. The third kappa shape index (κ3) is 4.42. The zero-order valence-corrected chi connectivity index (χ0v) is 16.5. The first kappa shape index (κ1) is 20.9. The number of benzene rings is 1. The lowest BCUT2D eigenvalue weighted by atomic mass is 9.63. The molecule has 1 saturated carbocycles. The summed E-state index contributed by atoms with van der Waals surface area (Å²) in [6, 6.07) is 4.98. The molecule has 3 rings (SSSR count). The zero-order chi connectivity index (χ0) is 20.4. The Morgan fingerprint density at radius 1 is 1.18 bits per heavy atom. The standard InChI is InChI=1S/C20H26F3N3OS/c21-20(22,23)15-7-4-8-16(13-15)25-18(28)26-11-9-19(10-12-26,17(24)27)14-5-2-1-3-6-14/h4,7-8,13-14H,1-3,5-6,9-12H2,(H2,24,27)(H,25,28). The smallest absolute Gasteiger partial charge is 0.369 e. The Kier molecular flexibility index (Phi) is 6.17. The fourth-order valence-electron chi connectivity index (χ4n) is 4.60. The second-order valence-corrected chi connectivity index (χ2v) is 8.24. The van der Waals surface area contributed by atoms with E-state index in [0.717, 1.165) is 37.8 Å². The molecule has 1 aliphatic carbocycles. The van der Waals surface area contributed by atoms with Crippen molar-refractivity contribution < 1.29 is 18.0 Å². The molecule has 1 saturated heterocycles. The van der Waals surface area contributed by atoms with Crippen LogP contribution in [0.25, 0.3) is 0 Å². The lowest BCUT2D eigenvalue weighted by Crippen LogP contribution is -2.53. The number of nitrogens with zero attached hydrogens (tertiary/aromatic N) is 1. The average Bonchev–Trinajstić information content (AvgIpc) is 2.68. The van der Waals surface area contributed by atoms with Crippen molar-refractivity contribution >= 4 is 28.9 Å². The first-order chi connectivity index (χ1) is 13.2. The van der Waals surface area contributed by atoms with E-state index < -0.39 is 17.2 Å². The van der Waals surface area contributed by atoms with Crippen LogP contribution in [0.4, 0.5) is 18.9 Å². The van der Waals surface area contributed by atoms with Crippen LogP contribution < -0.4 is 11.1 Å². The summed E-state index contributed by atoms with van der Waals surface area (Å²) in [4.78, 5) is 14.2. The summed E-state index contributed by atoms with van der Waals surface area (Å²) < 4.78 is 38.6. The second kappa shape index (κ2) is 8.27. The van der Waals surface area contributed by atoms with Crippen molar-refractivity contribution in [2.24, 2.45) is 17.1 Å². The van der Waals surface area contributed by atoms with Crippen LogP contribution in [0, 0.1) is 11.3 Å². The molecule has 1 aliphatic heterocycles. The molecule has 3 N–H and O–H groups in total. The number of anilines is 1. The molecule has 0 spiro atoms. The first-order valence-corrected chi connectivity index (χ1v) is 10.2. The zero-order valence-electron chi connectivity index (χ0n) is 15.7. The third-order valence-corrected chi connectivity index (χ3v) is 6.62. The SMILES string of the molecule is NC(=O)C1(C2CCCCC2)CCN(C(=S)Nc2cccc(C(F)(F)F)c2)CC1. The Labute approximate surface area is 168 Å². The van der Waals surface area contributed by atoms with E-state index >= 15 is 0 Å². The topological polar surface area (TPSA) is 58.4 Å². The van der Waals surface area contributed by atoms with Crippen molar-refractivity contribution in [2.75, 3.05) is 18.4 Å². The van der Waals surface area contributed by atoms with Gasteiger partial charge in [0.1, 0.15) is 0 Å². The van der Waals surface area contributed by atoms with E-state index in [-0.39, 0.29) is 5.91 Å². The van der Waals surface area contributed by atoms with Gasteiger partial charge < -0.3 is 16.0 Å². The number of halogens is 3. The van der Waals surface area contributed by atoms with Gasteiger partial charge in [-0.15, -0.1) is 0 Å². The van der Waals surface area contributed by atoms with E-state index in [1.807, 2.05) is 4.90 Å². The average molecular weight is 414 g/mol. The summed E-state index contributed by atoms with van der Waals surface area (Å²) >= 11 is 5.41. The van der Waals surface area contributed by atoms with Gasteiger partial charge in [-0.1, -0.05) is 25.3 Å². The van der Waals surface area contributed by atoms with Gasteiger partial charge in [-0.3, -0.25) is 4.79 Å². The second-order valence-electron chi connectivity index (χ2n) is 7.85. The number of rotatable bonds is 3. The number of likely N-dealkylation sites (tertiary alicyclic amines) is 1. The summed E-state index contributed by atoms with van der Waals surface area (Å²) in [7, 11) is 0. The number of carbonyl (C=O) groups is 1. The number of hydrogen-bond acceptors (Lipinski definition) is 2.